The van der Waals surface area contributed by atoms with E-state index in [2.05, 4.69) is 20.2 Å². The quantitative estimate of drug-likeness (QED) is 0.825. The zero-order chi connectivity index (χ0) is 12.3. The van der Waals surface area contributed by atoms with Crippen molar-refractivity contribution in [3.8, 4) is 0 Å². The average Bonchev–Trinajstić information content (AvgIpc) is 2.73. The molecule has 2 aromatic rings. The highest BCUT2D eigenvalue weighted by atomic mass is 15.4. The van der Waals surface area contributed by atoms with Crippen molar-refractivity contribution < 1.29 is 0 Å². The maximum atomic E-state index is 5.52. The van der Waals surface area contributed by atoms with Crippen LogP contribution in [-0.4, -0.2) is 26.7 Å². The number of hydrogen-bond acceptors (Lipinski definition) is 5. The lowest BCUT2D eigenvalue weighted by atomic mass is 10.3. The second-order valence-electron chi connectivity index (χ2n) is 3.81. The molecule has 0 fully saturated rings. The summed E-state index contributed by atoms with van der Waals surface area (Å²) < 4.78 is 0. The van der Waals surface area contributed by atoms with Gasteiger partial charge in [-0.15, -0.1) is 5.10 Å². The van der Waals surface area contributed by atoms with Crippen molar-refractivity contribution >= 4 is 11.9 Å². The van der Waals surface area contributed by atoms with Gasteiger partial charge in [0.25, 0.3) is 0 Å². The summed E-state index contributed by atoms with van der Waals surface area (Å²) >= 11 is 0. The third-order valence-corrected chi connectivity index (χ3v) is 2.45. The fraction of sp³-hybridized carbons (Fsp3) is 0.364. The van der Waals surface area contributed by atoms with Crippen molar-refractivity contribution in [3.05, 3.63) is 29.6 Å². The number of pyridine rings is 1. The molecule has 2 rings (SSSR count). The topological polar surface area (TPSA) is 83.7 Å². The molecule has 2 aromatic heterocycles. The van der Waals surface area contributed by atoms with E-state index in [1.54, 1.807) is 0 Å². The number of nitrogens with two attached hydrogens (primary N) is 1. The summed E-state index contributed by atoms with van der Waals surface area (Å²) in [6.07, 6.45) is 0. The zero-order valence-corrected chi connectivity index (χ0v) is 10.0. The van der Waals surface area contributed by atoms with E-state index >= 15 is 0 Å². The van der Waals surface area contributed by atoms with Gasteiger partial charge in [-0.05, 0) is 26.0 Å². The molecule has 17 heavy (non-hydrogen) atoms. The van der Waals surface area contributed by atoms with E-state index in [1.165, 1.54) is 0 Å². The molecule has 6 heteroatoms. The molecule has 6 nitrogen and oxygen atoms in total. The molecule has 0 saturated carbocycles. The molecule has 0 aliphatic heterocycles. The van der Waals surface area contributed by atoms with E-state index < -0.39 is 0 Å². The summed E-state index contributed by atoms with van der Waals surface area (Å²) in [6, 6.07) is 5.97. The van der Waals surface area contributed by atoms with Crippen LogP contribution in [0, 0.1) is 6.92 Å². The smallest absolute Gasteiger partial charge is 0.246 e. The standard InChI is InChI=1S/C11H16N6/c1-3-17(11-14-10(12)15-16-11)7-9-6-4-5-8(2)13-9/h4-6H,3,7H2,1-2H3,(H3,12,14,15,16). The van der Waals surface area contributed by atoms with Crippen molar-refractivity contribution in [1.29, 1.82) is 0 Å². The van der Waals surface area contributed by atoms with Crippen LogP contribution < -0.4 is 10.6 Å². The van der Waals surface area contributed by atoms with Crippen LogP contribution in [0.3, 0.4) is 0 Å². The minimum Gasteiger partial charge on any atom is -0.368 e. The average molecular weight is 232 g/mol. The van der Waals surface area contributed by atoms with E-state index in [0.717, 1.165) is 17.9 Å². The Morgan fingerprint density at radius 2 is 2.18 bits per heavy atom. The number of rotatable bonds is 4. The minimum atomic E-state index is 0.329. The van der Waals surface area contributed by atoms with Gasteiger partial charge in [-0.3, -0.25) is 4.98 Å². The number of aromatic amines is 1. The molecule has 0 aromatic carbocycles. The summed E-state index contributed by atoms with van der Waals surface area (Å²) in [4.78, 5) is 10.6. The van der Waals surface area contributed by atoms with Crippen LogP contribution in [0.25, 0.3) is 0 Å². The van der Waals surface area contributed by atoms with Crippen molar-refractivity contribution in [1.82, 2.24) is 20.2 Å². The Balaban J connectivity index is 2.15. The van der Waals surface area contributed by atoms with Crippen molar-refractivity contribution in [2.45, 2.75) is 20.4 Å². The van der Waals surface area contributed by atoms with Crippen LogP contribution in [-0.2, 0) is 6.54 Å². The molecular weight excluding hydrogens is 216 g/mol. The highest BCUT2D eigenvalue weighted by molar-refractivity contribution is 5.34. The van der Waals surface area contributed by atoms with Gasteiger partial charge in [0.2, 0.25) is 11.9 Å². The monoisotopic (exact) mass is 232 g/mol. The summed E-state index contributed by atoms with van der Waals surface area (Å²) in [5.74, 6) is 0.934. The molecule has 0 spiro atoms. The van der Waals surface area contributed by atoms with Gasteiger partial charge in [-0.25, -0.2) is 5.10 Å². The van der Waals surface area contributed by atoms with E-state index in [4.69, 9.17) is 5.73 Å². The molecule has 0 atom stereocenters. The van der Waals surface area contributed by atoms with Gasteiger partial charge >= 0.3 is 0 Å². The highest BCUT2D eigenvalue weighted by Gasteiger charge is 2.10. The lowest BCUT2D eigenvalue weighted by molar-refractivity contribution is 0.774. The van der Waals surface area contributed by atoms with Gasteiger partial charge in [0.15, 0.2) is 0 Å². The fourth-order valence-electron chi connectivity index (χ4n) is 1.61. The predicted molar refractivity (Wildman–Crippen MR) is 66.5 cm³/mol. The second kappa shape index (κ2) is 4.82. The largest absolute Gasteiger partial charge is 0.368 e. The van der Waals surface area contributed by atoms with E-state index in [-0.39, 0.29) is 0 Å². The van der Waals surface area contributed by atoms with E-state index in [0.29, 0.717) is 18.4 Å². The molecule has 0 aliphatic rings. The van der Waals surface area contributed by atoms with Crippen LogP contribution in [0.15, 0.2) is 18.2 Å². The maximum Gasteiger partial charge on any atom is 0.246 e. The van der Waals surface area contributed by atoms with Gasteiger partial charge in [-0.1, -0.05) is 6.07 Å². The minimum absolute atomic E-state index is 0.329. The first kappa shape index (κ1) is 11.4. The molecule has 2 heterocycles. The molecule has 0 aliphatic carbocycles. The predicted octanol–water partition coefficient (Wildman–Crippen LogP) is 1.12. The summed E-state index contributed by atoms with van der Waals surface area (Å²) in [5, 5.41) is 6.68. The van der Waals surface area contributed by atoms with Crippen molar-refractivity contribution in [3.63, 3.8) is 0 Å². The number of H-pyrrole nitrogens is 1. The summed E-state index contributed by atoms with van der Waals surface area (Å²) in [5.41, 5.74) is 7.52. The van der Waals surface area contributed by atoms with Crippen LogP contribution in [0.5, 0.6) is 0 Å². The number of nitrogens with zero attached hydrogens (tertiary/aromatic N) is 4. The number of nitrogen functional groups attached to an aromatic ring is 1. The number of anilines is 2. The van der Waals surface area contributed by atoms with E-state index in [9.17, 15) is 0 Å². The Labute approximate surface area is 99.9 Å². The Morgan fingerprint density at radius 3 is 2.76 bits per heavy atom. The van der Waals surface area contributed by atoms with Crippen molar-refractivity contribution in [2.75, 3.05) is 17.2 Å². The van der Waals surface area contributed by atoms with Crippen LogP contribution in [0.4, 0.5) is 11.9 Å². The Morgan fingerprint density at radius 1 is 1.35 bits per heavy atom. The number of nitrogens with one attached hydrogen (secondary N) is 1. The maximum absolute atomic E-state index is 5.52. The van der Waals surface area contributed by atoms with Gasteiger partial charge < -0.3 is 10.6 Å². The third-order valence-electron chi connectivity index (χ3n) is 2.45. The lowest BCUT2D eigenvalue weighted by Crippen LogP contribution is -2.24. The van der Waals surface area contributed by atoms with Crippen LogP contribution in [0.2, 0.25) is 0 Å². The third kappa shape index (κ3) is 2.72. The van der Waals surface area contributed by atoms with Gasteiger partial charge in [-0.2, -0.15) is 4.98 Å². The lowest BCUT2D eigenvalue weighted by Gasteiger charge is -2.18. The highest BCUT2D eigenvalue weighted by Crippen LogP contribution is 2.11. The molecule has 0 unspecified atom stereocenters. The van der Waals surface area contributed by atoms with Gasteiger partial charge in [0.05, 0.1) is 12.2 Å². The van der Waals surface area contributed by atoms with Crippen LogP contribution >= 0.6 is 0 Å². The Kier molecular flexibility index (Phi) is 3.22. The zero-order valence-electron chi connectivity index (χ0n) is 10.0. The summed E-state index contributed by atoms with van der Waals surface area (Å²) in [7, 11) is 0. The molecule has 0 bridgehead atoms. The molecule has 0 radical (unpaired) electrons. The van der Waals surface area contributed by atoms with Crippen LogP contribution in [0.1, 0.15) is 18.3 Å². The van der Waals surface area contributed by atoms with Gasteiger partial charge in [0, 0.05) is 12.2 Å². The molecule has 0 saturated heterocycles. The first-order valence-corrected chi connectivity index (χ1v) is 5.54. The summed E-state index contributed by atoms with van der Waals surface area (Å²) in [6.45, 7) is 5.50. The second-order valence-corrected chi connectivity index (χ2v) is 3.81. The Hall–Kier alpha value is -2.11. The molecular formula is C11H16N6. The number of hydrogen-bond donors (Lipinski definition) is 2. The normalized spacial score (nSPS) is 10.5. The first-order chi connectivity index (χ1) is 8.19. The Bertz CT molecular complexity index is 492. The van der Waals surface area contributed by atoms with Gasteiger partial charge in [0.1, 0.15) is 0 Å². The van der Waals surface area contributed by atoms with Crippen molar-refractivity contribution in [2.24, 2.45) is 0 Å². The number of aromatic nitrogens is 4. The molecule has 90 valence electrons. The van der Waals surface area contributed by atoms with E-state index in [1.807, 2.05) is 36.9 Å². The fourth-order valence-corrected chi connectivity index (χ4v) is 1.61. The molecule has 0 amide bonds. The molecule has 3 N–H and O–H groups in total. The SMILES string of the molecule is CCN(Cc1cccc(C)n1)c1n[nH]c(N)n1. The number of aryl methyl sites for hydroxylation is 1. The first-order valence-electron chi connectivity index (χ1n) is 5.54.